The van der Waals surface area contributed by atoms with E-state index in [9.17, 15) is 17.6 Å². The molecule has 3 rings (SSSR count). The summed E-state index contributed by atoms with van der Waals surface area (Å²) < 4.78 is 53.5. The highest BCUT2D eigenvalue weighted by Gasteiger charge is 2.35. The quantitative estimate of drug-likeness (QED) is 0.623. The third-order valence-electron chi connectivity index (χ3n) is 2.98. The van der Waals surface area contributed by atoms with Gasteiger partial charge in [-0.25, -0.2) is 9.37 Å². The first-order valence-electron chi connectivity index (χ1n) is 6.33. The molecule has 0 bridgehead atoms. The molecule has 0 aliphatic carbocycles. The van der Waals surface area contributed by atoms with Gasteiger partial charge in [0, 0.05) is 6.20 Å². The van der Waals surface area contributed by atoms with Gasteiger partial charge in [0.15, 0.2) is 11.5 Å². The Kier molecular flexibility index (Phi) is 4.11. The van der Waals surface area contributed by atoms with Gasteiger partial charge < -0.3 is 4.57 Å². The first kappa shape index (κ1) is 15.9. The molecule has 0 fully saturated rings. The minimum Gasteiger partial charge on any atom is -0.324 e. The van der Waals surface area contributed by atoms with Gasteiger partial charge in [-0.2, -0.15) is 13.2 Å². The predicted octanol–water partition coefficient (Wildman–Crippen LogP) is 4.87. The van der Waals surface area contributed by atoms with E-state index in [1.807, 2.05) is 0 Å². The third-order valence-corrected chi connectivity index (χ3v) is 4.21. The minimum absolute atomic E-state index is 0.0359. The molecule has 0 spiro atoms. The second kappa shape index (κ2) is 5.93. The second-order valence-electron chi connectivity index (χ2n) is 4.65. The molecular formula is C14H8ClF4N3S. The van der Waals surface area contributed by atoms with Crippen LogP contribution < -0.4 is 0 Å². The maximum absolute atomic E-state index is 12.9. The minimum atomic E-state index is -4.56. The zero-order valence-corrected chi connectivity index (χ0v) is 12.9. The Morgan fingerprint density at radius 3 is 2.52 bits per heavy atom. The van der Waals surface area contributed by atoms with Crippen LogP contribution in [-0.2, 0) is 12.7 Å². The van der Waals surface area contributed by atoms with Crippen LogP contribution in [0.1, 0.15) is 11.4 Å². The van der Waals surface area contributed by atoms with Gasteiger partial charge in [-0.15, -0.1) is 11.3 Å². The molecule has 0 saturated carbocycles. The summed E-state index contributed by atoms with van der Waals surface area (Å²) in [5, 5.41) is 0. The lowest BCUT2D eigenvalue weighted by molar-refractivity contribution is -0.140. The Bertz CT molecular complexity index is 823. The van der Waals surface area contributed by atoms with Crippen LogP contribution in [0.15, 0.2) is 36.7 Å². The molecule has 3 aromatic rings. The van der Waals surface area contributed by atoms with Crippen molar-refractivity contribution in [1.82, 2.24) is 14.5 Å². The predicted molar refractivity (Wildman–Crippen MR) is 78.8 cm³/mol. The highest BCUT2D eigenvalue weighted by Crippen LogP contribution is 2.35. The summed E-state index contributed by atoms with van der Waals surface area (Å²) in [5.41, 5.74) is -0.583. The molecule has 0 amide bonds. The fourth-order valence-electron chi connectivity index (χ4n) is 1.98. The largest absolute Gasteiger partial charge is 0.434 e. The van der Waals surface area contributed by atoms with Crippen molar-refractivity contribution in [2.24, 2.45) is 0 Å². The number of pyridine rings is 1. The molecule has 0 unspecified atom stereocenters. The molecule has 3 heterocycles. The van der Waals surface area contributed by atoms with Gasteiger partial charge in [0.25, 0.3) is 0 Å². The van der Waals surface area contributed by atoms with Crippen LogP contribution in [0.2, 0.25) is 4.34 Å². The van der Waals surface area contributed by atoms with Crippen molar-refractivity contribution < 1.29 is 17.6 Å². The van der Waals surface area contributed by atoms with Gasteiger partial charge in [-0.3, -0.25) is 4.98 Å². The highest BCUT2D eigenvalue weighted by molar-refractivity contribution is 7.19. The lowest BCUT2D eigenvalue weighted by Crippen LogP contribution is -2.05. The normalized spacial score (nSPS) is 11.9. The van der Waals surface area contributed by atoms with Crippen molar-refractivity contribution in [2.75, 3.05) is 0 Å². The summed E-state index contributed by atoms with van der Waals surface area (Å²) in [6.07, 6.45) is -2.64. The van der Waals surface area contributed by atoms with E-state index in [1.54, 1.807) is 12.1 Å². The fraction of sp³-hybridized carbons (Fsp3) is 0.143. The monoisotopic (exact) mass is 361 g/mol. The number of thiophene rings is 1. The van der Waals surface area contributed by atoms with Gasteiger partial charge >= 0.3 is 6.18 Å². The summed E-state index contributed by atoms with van der Waals surface area (Å²) in [6.45, 7) is 0.0359. The number of halogens is 5. The number of aromatic nitrogens is 3. The zero-order valence-electron chi connectivity index (χ0n) is 11.3. The molecule has 23 heavy (non-hydrogen) atoms. The van der Waals surface area contributed by atoms with E-state index in [1.165, 1.54) is 16.7 Å². The van der Waals surface area contributed by atoms with Gasteiger partial charge in [0.05, 0.1) is 27.6 Å². The van der Waals surface area contributed by atoms with Crippen LogP contribution in [0.4, 0.5) is 17.6 Å². The van der Waals surface area contributed by atoms with Gasteiger partial charge in [0.2, 0.25) is 0 Å². The molecule has 0 aliphatic heterocycles. The first-order valence-corrected chi connectivity index (χ1v) is 7.53. The number of alkyl halides is 3. The van der Waals surface area contributed by atoms with Crippen LogP contribution in [0.5, 0.6) is 0 Å². The Labute approximate surface area is 137 Å². The van der Waals surface area contributed by atoms with Crippen LogP contribution in [-0.4, -0.2) is 14.5 Å². The molecule has 0 aromatic carbocycles. The molecule has 3 nitrogen and oxygen atoms in total. The van der Waals surface area contributed by atoms with Gasteiger partial charge in [0.1, 0.15) is 5.82 Å². The van der Waals surface area contributed by atoms with E-state index in [4.69, 9.17) is 11.6 Å². The van der Waals surface area contributed by atoms with E-state index >= 15 is 0 Å². The third kappa shape index (κ3) is 3.53. The average Bonchev–Trinajstić information content (AvgIpc) is 3.07. The zero-order chi connectivity index (χ0) is 16.6. The Morgan fingerprint density at radius 1 is 1.17 bits per heavy atom. The molecule has 0 saturated heterocycles. The first-order chi connectivity index (χ1) is 10.8. The van der Waals surface area contributed by atoms with Gasteiger partial charge in [-0.05, 0) is 24.3 Å². The highest BCUT2D eigenvalue weighted by atomic mass is 35.5. The average molecular weight is 362 g/mol. The van der Waals surface area contributed by atoms with Crippen LogP contribution in [0.25, 0.3) is 10.7 Å². The van der Waals surface area contributed by atoms with Crippen LogP contribution in [0, 0.1) is 5.82 Å². The van der Waals surface area contributed by atoms with Crippen molar-refractivity contribution in [3.05, 3.63) is 58.2 Å². The van der Waals surface area contributed by atoms with Gasteiger partial charge in [-0.1, -0.05) is 11.6 Å². The van der Waals surface area contributed by atoms with E-state index in [2.05, 4.69) is 9.97 Å². The Balaban J connectivity index is 2.03. The number of imidazole rings is 1. The van der Waals surface area contributed by atoms with E-state index in [0.29, 0.717) is 14.9 Å². The summed E-state index contributed by atoms with van der Waals surface area (Å²) in [6, 6.07) is 5.80. The maximum Gasteiger partial charge on any atom is 0.434 e. The molecule has 0 aliphatic rings. The van der Waals surface area contributed by atoms with Crippen molar-refractivity contribution in [1.29, 1.82) is 0 Å². The Morgan fingerprint density at radius 2 is 1.96 bits per heavy atom. The summed E-state index contributed by atoms with van der Waals surface area (Å²) >= 11 is 6.97. The molecule has 3 aromatic heterocycles. The number of nitrogens with zero attached hydrogens (tertiary/aromatic N) is 3. The topological polar surface area (TPSA) is 30.7 Å². The number of hydrogen-bond acceptors (Lipinski definition) is 3. The maximum atomic E-state index is 12.9. The molecule has 0 radical (unpaired) electrons. The molecule has 0 atom stereocenters. The molecular weight excluding hydrogens is 354 g/mol. The fourth-order valence-corrected chi connectivity index (χ4v) is 3.03. The molecule has 0 N–H and O–H groups in total. The standard InChI is InChI=1S/C14H8ClF4N3S/c15-12-4-3-10(23-12)13-21-11(14(17,18)19)7-22(13)6-9-2-1-8(16)5-20-9/h1-5,7H,6H2. The summed E-state index contributed by atoms with van der Waals surface area (Å²) in [7, 11) is 0. The van der Waals surface area contributed by atoms with E-state index < -0.39 is 17.7 Å². The van der Waals surface area contributed by atoms with E-state index in [0.717, 1.165) is 23.7 Å². The van der Waals surface area contributed by atoms with E-state index in [-0.39, 0.29) is 12.4 Å². The molecule has 9 heteroatoms. The van der Waals surface area contributed by atoms with Crippen LogP contribution >= 0.6 is 22.9 Å². The lowest BCUT2D eigenvalue weighted by atomic mass is 10.3. The second-order valence-corrected chi connectivity index (χ2v) is 6.36. The van der Waals surface area contributed by atoms with Crippen LogP contribution in [0.3, 0.4) is 0 Å². The lowest BCUT2D eigenvalue weighted by Gasteiger charge is -2.05. The Hall–Kier alpha value is -1.93. The molecule has 120 valence electrons. The SMILES string of the molecule is Fc1ccc(Cn2cc(C(F)(F)F)nc2-c2ccc(Cl)s2)nc1. The number of rotatable bonds is 3. The summed E-state index contributed by atoms with van der Waals surface area (Å²) in [4.78, 5) is 8.03. The van der Waals surface area contributed by atoms with Crippen molar-refractivity contribution >= 4 is 22.9 Å². The van der Waals surface area contributed by atoms with Crippen molar-refractivity contribution in [3.63, 3.8) is 0 Å². The van der Waals surface area contributed by atoms with Crippen molar-refractivity contribution in [2.45, 2.75) is 12.7 Å². The number of hydrogen-bond donors (Lipinski definition) is 0. The smallest absolute Gasteiger partial charge is 0.324 e. The van der Waals surface area contributed by atoms with Crippen molar-refractivity contribution in [3.8, 4) is 10.7 Å². The summed E-state index contributed by atoms with van der Waals surface area (Å²) in [5.74, 6) is -0.374.